The van der Waals surface area contributed by atoms with E-state index >= 15 is 0 Å². The number of carbonyl (C=O) groups excluding carboxylic acids is 2. The largest absolute Gasteiger partial charge is 0.366 e. The third-order valence-corrected chi connectivity index (χ3v) is 6.52. The SMILES string of the molecule is CC(C)(C)c1ccc(C(=O)NC(=S)Nc2ccccc2N2CCN(C(=O)c3ccccc3)CC2)cc1. The predicted octanol–water partition coefficient (Wildman–Crippen LogP) is 5.07. The third-order valence-electron chi connectivity index (χ3n) is 6.32. The molecule has 3 aromatic rings. The van der Waals surface area contributed by atoms with Gasteiger partial charge in [-0.25, -0.2) is 0 Å². The number of nitrogens with zero attached hydrogens (tertiary/aromatic N) is 2. The molecule has 0 unspecified atom stereocenters. The number of para-hydroxylation sites is 2. The number of nitrogens with one attached hydrogen (secondary N) is 2. The molecule has 4 rings (SSSR count). The molecule has 0 aliphatic carbocycles. The fourth-order valence-corrected chi connectivity index (χ4v) is 4.42. The van der Waals surface area contributed by atoms with Gasteiger partial charge in [-0.1, -0.05) is 63.2 Å². The molecule has 1 saturated heterocycles. The van der Waals surface area contributed by atoms with Crippen molar-refractivity contribution in [3.05, 3.63) is 95.6 Å². The molecule has 2 N–H and O–H groups in total. The van der Waals surface area contributed by atoms with Crippen molar-refractivity contribution in [2.45, 2.75) is 26.2 Å². The molecule has 0 saturated carbocycles. The van der Waals surface area contributed by atoms with Gasteiger partial charge in [-0.3, -0.25) is 14.9 Å². The number of benzene rings is 3. The van der Waals surface area contributed by atoms with Gasteiger partial charge >= 0.3 is 0 Å². The second kappa shape index (κ2) is 10.9. The maximum absolute atomic E-state index is 12.8. The van der Waals surface area contributed by atoms with Gasteiger partial charge in [-0.05, 0) is 59.6 Å². The van der Waals surface area contributed by atoms with Crippen LogP contribution in [0.5, 0.6) is 0 Å². The van der Waals surface area contributed by atoms with Gasteiger partial charge < -0.3 is 15.1 Å². The molecule has 2 amide bonds. The first-order valence-corrected chi connectivity index (χ1v) is 12.5. The second-order valence-corrected chi connectivity index (χ2v) is 10.3. The molecule has 0 bridgehead atoms. The first kappa shape index (κ1) is 25.4. The number of piperazine rings is 1. The molecule has 6 nitrogen and oxygen atoms in total. The summed E-state index contributed by atoms with van der Waals surface area (Å²) in [5.74, 6) is -0.195. The number of amides is 2. The van der Waals surface area contributed by atoms with E-state index in [1.165, 1.54) is 5.56 Å². The van der Waals surface area contributed by atoms with Gasteiger partial charge in [0.2, 0.25) is 0 Å². The van der Waals surface area contributed by atoms with Crippen LogP contribution in [0.1, 0.15) is 47.1 Å². The zero-order chi connectivity index (χ0) is 25.7. The maximum Gasteiger partial charge on any atom is 0.257 e. The summed E-state index contributed by atoms with van der Waals surface area (Å²) in [5.41, 5.74) is 4.25. The molecule has 1 heterocycles. The summed E-state index contributed by atoms with van der Waals surface area (Å²) in [6, 6.07) is 24.8. The molecule has 1 aliphatic heterocycles. The Bertz CT molecular complexity index is 1230. The summed E-state index contributed by atoms with van der Waals surface area (Å²) in [7, 11) is 0. The van der Waals surface area contributed by atoms with Crippen molar-refractivity contribution in [2.24, 2.45) is 0 Å². The van der Waals surface area contributed by atoms with Gasteiger partial charge in [-0.15, -0.1) is 0 Å². The van der Waals surface area contributed by atoms with Gasteiger partial charge in [0.25, 0.3) is 11.8 Å². The van der Waals surface area contributed by atoms with Gasteiger partial charge in [0.1, 0.15) is 0 Å². The Morgan fingerprint density at radius 2 is 1.39 bits per heavy atom. The van der Waals surface area contributed by atoms with Crippen molar-refractivity contribution in [3.8, 4) is 0 Å². The van der Waals surface area contributed by atoms with E-state index in [4.69, 9.17) is 12.2 Å². The van der Waals surface area contributed by atoms with E-state index in [-0.39, 0.29) is 22.3 Å². The van der Waals surface area contributed by atoms with Crippen molar-refractivity contribution >= 4 is 40.5 Å². The highest BCUT2D eigenvalue weighted by molar-refractivity contribution is 7.80. The lowest BCUT2D eigenvalue weighted by Gasteiger charge is -2.37. The van der Waals surface area contributed by atoms with Crippen LogP contribution in [0.15, 0.2) is 78.9 Å². The average Bonchev–Trinajstić information content (AvgIpc) is 2.89. The Kier molecular flexibility index (Phi) is 7.70. The van der Waals surface area contributed by atoms with Crippen LogP contribution in [0.3, 0.4) is 0 Å². The predicted molar refractivity (Wildman–Crippen MR) is 150 cm³/mol. The Morgan fingerprint density at radius 3 is 2.03 bits per heavy atom. The van der Waals surface area contributed by atoms with Gasteiger partial charge in [-0.2, -0.15) is 0 Å². The van der Waals surface area contributed by atoms with Crippen molar-refractivity contribution < 1.29 is 9.59 Å². The molecule has 36 heavy (non-hydrogen) atoms. The molecule has 0 aromatic heterocycles. The number of hydrogen-bond donors (Lipinski definition) is 2. The normalized spacial score (nSPS) is 13.8. The molecular weight excluding hydrogens is 468 g/mol. The van der Waals surface area contributed by atoms with Gasteiger partial charge in [0, 0.05) is 37.3 Å². The fourth-order valence-electron chi connectivity index (χ4n) is 4.22. The third kappa shape index (κ3) is 6.10. The summed E-state index contributed by atoms with van der Waals surface area (Å²) < 4.78 is 0. The van der Waals surface area contributed by atoms with Crippen molar-refractivity contribution in [1.29, 1.82) is 0 Å². The zero-order valence-electron chi connectivity index (χ0n) is 21.0. The minimum absolute atomic E-state index is 0.0237. The highest BCUT2D eigenvalue weighted by Crippen LogP contribution is 2.27. The highest BCUT2D eigenvalue weighted by atomic mass is 32.1. The minimum Gasteiger partial charge on any atom is -0.366 e. The lowest BCUT2D eigenvalue weighted by atomic mass is 9.87. The monoisotopic (exact) mass is 500 g/mol. The maximum atomic E-state index is 12.8. The van der Waals surface area contributed by atoms with Crippen LogP contribution in [0.4, 0.5) is 11.4 Å². The van der Waals surface area contributed by atoms with E-state index in [2.05, 4.69) is 36.3 Å². The van der Waals surface area contributed by atoms with E-state index in [1.807, 2.05) is 83.8 Å². The number of hydrogen-bond acceptors (Lipinski definition) is 4. The molecule has 186 valence electrons. The number of thiocarbonyl (C=S) groups is 1. The molecule has 7 heteroatoms. The van der Waals surface area contributed by atoms with E-state index in [0.717, 1.165) is 11.4 Å². The number of carbonyl (C=O) groups is 2. The fraction of sp³-hybridized carbons (Fsp3) is 0.276. The average molecular weight is 501 g/mol. The van der Waals surface area contributed by atoms with Crippen molar-refractivity contribution in [1.82, 2.24) is 10.2 Å². The summed E-state index contributed by atoms with van der Waals surface area (Å²) in [6.07, 6.45) is 0. The zero-order valence-corrected chi connectivity index (χ0v) is 21.8. The molecule has 3 aromatic carbocycles. The van der Waals surface area contributed by atoms with Crippen molar-refractivity contribution in [3.63, 3.8) is 0 Å². The van der Waals surface area contributed by atoms with Crippen LogP contribution >= 0.6 is 12.2 Å². The first-order chi connectivity index (χ1) is 17.2. The Labute approximate surface area is 218 Å². The van der Waals surface area contributed by atoms with Crippen LogP contribution in [0, 0.1) is 0 Å². The lowest BCUT2D eigenvalue weighted by molar-refractivity contribution is 0.0746. The van der Waals surface area contributed by atoms with E-state index in [0.29, 0.717) is 37.3 Å². The standard InChI is InChI=1S/C29H32N4O2S/c1-29(2,3)23-15-13-21(14-16-23)26(34)31-28(36)30-24-11-7-8-12-25(24)32-17-19-33(20-18-32)27(35)22-9-5-4-6-10-22/h4-16H,17-20H2,1-3H3,(H2,30,31,34,36). The summed E-state index contributed by atoms with van der Waals surface area (Å²) >= 11 is 5.45. The van der Waals surface area contributed by atoms with Crippen LogP contribution in [-0.2, 0) is 5.41 Å². The van der Waals surface area contributed by atoms with E-state index in [9.17, 15) is 9.59 Å². The Hall–Kier alpha value is -3.71. The molecule has 1 fully saturated rings. The summed E-state index contributed by atoms with van der Waals surface area (Å²) in [4.78, 5) is 29.6. The van der Waals surface area contributed by atoms with Gasteiger partial charge in [0.15, 0.2) is 5.11 Å². The second-order valence-electron chi connectivity index (χ2n) is 9.90. The molecule has 0 radical (unpaired) electrons. The smallest absolute Gasteiger partial charge is 0.257 e. The van der Waals surface area contributed by atoms with Crippen molar-refractivity contribution in [2.75, 3.05) is 36.4 Å². The van der Waals surface area contributed by atoms with E-state index in [1.54, 1.807) is 0 Å². The van der Waals surface area contributed by atoms with Crippen LogP contribution < -0.4 is 15.5 Å². The number of anilines is 2. The van der Waals surface area contributed by atoms with E-state index < -0.39 is 0 Å². The molecule has 0 atom stereocenters. The summed E-state index contributed by atoms with van der Waals surface area (Å²) in [5, 5.41) is 6.21. The topological polar surface area (TPSA) is 64.7 Å². The van der Waals surface area contributed by atoms with Crippen LogP contribution in [-0.4, -0.2) is 48.0 Å². The quantitative estimate of drug-likeness (QED) is 0.490. The molecular formula is C29H32N4O2S. The highest BCUT2D eigenvalue weighted by Gasteiger charge is 2.23. The van der Waals surface area contributed by atoms with Crippen LogP contribution in [0.25, 0.3) is 0 Å². The Morgan fingerprint density at radius 1 is 0.778 bits per heavy atom. The Balaban J connectivity index is 1.36. The lowest BCUT2D eigenvalue weighted by Crippen LogP contribution is -2.49. The van der Waals surface area contributed by atoms with Gasteiger partial charge in [0.05, 0.1) is 11.4 Å². The molecule has 1 aliphatic rings. The molecule has 0 spiro atoms. The summed E-state index contributed by atoms with van der Waals surface area (Å²) in [6.45, 7) is 9.09. The first-order valence-electron chi connectivity index (χ1n) is 12.1. The number of rotatable bonds is 4. The minimum atomic E-state index is -0.251. The van der Waals surface area contributed by atoms with Crippen LogP contribution in [0.2, 0.25) is 0 Å².